The van der Waals surface area contributed by atoms with Crippen molar-refractivity contribution in [2.45, 2.75) is 49.7 Å². The maximum atomic E-state index is 15.1. The second-order valence-corrected chi connectivity index (χ2v) is 10.2. The van der Waals surface area contributed by atoms with Gasteiger partial charge in [0, 0.05) is 34.6 Å². The molecule has 3 aromatic heterocycles. The van der Waals surface area contributed by atoms with E-state index in [9.17, 15) is 0 Å². The molecule has 2 aromatic carbocycles. The second kappa shape index (κ2) is 12.3. The van der Waals surface area contributed by atoms with Gasteiger partial charge in [0.15, 0.2) is 5.75 Å². The first-order chi connectivity index (χ1) is 19.5. The van der Waals surface area contributed by atoms with Crippen LogP contribution in [0.4, 0.5) is 16.0 Å². The standard InChI is InChI=1S/C26H25FN8O2S.C2H6/c1-15(2)36-24-23(16-10-30-31-11-16)29-14-35-25(24)33-26(34-35)32-22-7-6-20(9-21(22)27)38-19-5-3-4-17(8-19)37-18-12-28-13-18;1-2/h3-11,14-15,18,28H,12-13H2,1-2H3,(H,30,31)(H,32,34);1-2H3. The molecule has 0 aliphatic carbocycles. The van der Waals surface area contributed by atoms with Crippen molar-refractivity contribution in [2.75, 3.05) is 18.4 Å². The summed E-state index contributed by atoms with van der Waals surface area (Å²) in [5, 5.41) is 17.4. The predicted molar refractivity (Wildman–Crippen MR) is 153 cm³/mol. The molecule has 5 aromatic rings. The third-order valence-corrected chi connectivity index (χ3v) is 6.73. The van der Waals surface area contributed by atoms with Crippen LogP contribution in [0.25, 0.3) is 16.9 Å². The third-order valence-electron chi connectivity index (χ3n) is 5.75. The number of fused-ring (bicyclic) bond motifs is 1. The van der Waals surface area contributed by atoms with E-state index in [4.69, 9.17) is 9.47 Å². The van der Waals surface area contributed by atoms with Crippen LogP contribution in [-0.4, -0.2) is 55.1 Å². The van der Waals surface area contributed by atoms with Crippen molar-refractivity contribution < 1.29 is 13.9 Å². The number of aromatic nitrogens is 6. The normalized spacial score (nSPS) is 13.1. The van der Waals surface area contributed by atoms with E-state index in [1.54, 1.807) is 24.8 Å². The van der Waals surface area contributed by atoms with E-state index in [0.717, 1.165) is 34.2 Å². The first-order valence-electron chi connectivity index (χ1n) is 13.1. The van der Waals surface area contributed by atoms with Crippen LogP contribution in [0, 0.1) is 5.82 Å². The molecule has 12 heteroatoms. The van der Waals surface area contributed by atoms with Crippen molar-refractivity contribution in [2.24, 2.45) is 0 Å². The molecule has 0 unspecified atom stereocenters. The Labute approximate surface area is 235 Å². The molecule has 40 heavy (non-hydrogen) atoms. The van der Waals surface area contributed by atoms with Gasteiger partial charge in [-0.3, -0.25) is 5.10 Å². The summed E-state index contributed by atoms with van der Waals surface area (Å²) in [7, 11) is 0. The van der Waals surface area contributed by atoms with E-state index in [1.165, 1.54) is 22.3 Å². The van der Waals surface area contributed by atoms with Crippen molar-refractivity contribution in [3.05, 3.63) is 67.0 Å². The zero-order chi connectivity index (χ0) is 28.1. The van der Waals surface area contributed by atoms with Crippen LogP contribution in [-0.2, 0) is 0 Å². The average Bonchev–Trinajstić information content (AvgIpc) is 3.60. The zero-order valence-corrected chi connectivity index (χ0v) is 23.5. The Morgan fingerprint density at radius 3 is 2.65 bits per heavy atom. The van der Waals surface area contributed by atoms with Gasteiger partial charge >= 0.3 is 0 Å². The minimum atomic E-state index is -0.419. The summed E-state index contributed by atoms with van der Waals surface area (Å²) in [6.45, 7) is 9.54. The molecule has 0 radical (unpaired) electrons. The summed E-state index contributed by atoms with van der Waals surface area (Å²) in [5.74, 6) is 1.08. The summed E-state index contributed by atoms with van der Waals surface area (Å²) >= 11 is 1.46. The van der Waals surface area contributed by atoms with E-state index in [0.29, 0.717) is 17.1 Å². The maximum absolute atomic E-state index is 15.1. The summed E-state index contributed by atoms with van der Waals surface area (Å²) < 4.78 is 28.5. The lowest BCUT2D eigenvalue weighted by molar-refractivity contribution is 0.142. The number of rotatable bonds is 9. The van der Waals surface area contributed by atoms with E-state index in [2.05, 4.69) is 35.9 Å². The molecule has 208 valence electrons. The molecule has 1 fully saturated rings. The molecule has 1 saturated heterocycles. The Bertz CT molecular complexity index is 1570. The van der Waals surface area contributed by atoms with Crippen molar-refractivity contribution in [1.82, 2.24) is 35.1 Å². The van der Waals surface area contributed by atoms with Gasteiger partial charge in [0.25, 0.3) is 0 Å². The number of hydrogen-bond acceptors (Lipinski definition) is 9. The molecule has 0 saturated carbocycles. The number of H-pyrrole nitrogens is 1. The van der Waals surface area contributed by atoms with Crippen LogP contribution in [0.1, 0.15) is 27.7 Å². The zero-order valence-electron chi connectivity index (χ0n) is 22.7. The van der Waals surface area contributed by atoms with Crippen LogP contribution in [0.3, 0.4) is 0 Å². The number of benzene rings is 2. The number of aromatic amines is 1. The molecule has 0 atom stereocenters. The molecule has 6 rings (SSSR count). The van der Waals surface area contributed by atoms with Crippen molar-refractivity contribution in [1.29, 1.82) is 0 Å². The van der Waals surface area contributed by atoms with Gasteiger partial charge in [0.1, 0.15) is 29.7 Å². The molecule has 0 bridgehead atoms. The number of ether oxygens (including phenoxy) is 2. The molecule has 0 spiro atoms. The van der Waals surface area contributed by atoms with Crippen LogP contribution in [0.2, 0.25) is 0 Å². The molecule has 4 heterocycles. The van der Waals surface area contributed by atoms with Gasteiger partial charge < -0.3 is 20.1 Å². The fourth-order valence-electron chi connectivity index (χ4n) is 3.88. The highest BCUT2D eigenvalue weighted by Crippen LogP contribution is 2.34. The first-order valence-corrected chi connectivity index (χ1v) is 14.0. The van der Waals surface area contributed by atoms with Gasteiger partial charge in [-0.2, -0.15) is 14.6 Å². The summed E-state index contributed by atoms with van der Waals surface area (Å²) in [6, 6.07) is 12.8. The van der Waals surface area contributed by atoms with Gasteiger partial charge in [-0.25, -0.2) is 9.37 Å². The highest BCUT2D eigenvalue weighted by Gasteiger charge is 2.20. The highest BCUT2D eigenvalue weighted by atomic mass is 32.2. The highest BCUT2D eigenvalue weighted by molar-refractivity contribution is 7.99. The maximum Gasteiger partial charge on any atom is 0.247 e. The summed E-state index contributed by atoms with van der Waals surface area (Å²) in [6.07, 6.45) is 5.01. The lowest BCUT2D eigenvalue weighted by Crippen LogP contribution is -2.50. The van der Waals surface area contributed by atoms with E-state index in [-0.39, 0.29) is 23.8 Å². The fraction of sp³-hybridized carbons (Fsp3) is 0.286. The summed E-state index contributed by atoms with van der Waals surface area (Å²) in [5.41, 5.74) is 2.07. The monoisotopic (exact) mass is 562 g/mol. The summed E-state index contributed by atoms with van der Waals surface area (Å²) in [4.78, 5) is 10.8. The molecule has 1 aliphatic heterocycles. The van der Waals surface area contributed by atoms with Crippen molar-refractivity contribution >= 4 is 29.0 Å². The number of anilines is 2. The molecular weight excluding hydrogens is 531 g/mol. The van der Waals surface area contributed by atoms with Gasteiger partial charge in [-0.05, 0) is 50.2 Å². The first kappa shape index (κ1) is 27.4. The molecule has 10 nitrogen and oxygen atoms in total. The number of halogens is 1. The van der Waals surface area contributed by atoms with Crippen LogP contribution in [0.5, 0.6) is 11.5 Å². The van der Waals surface area contributed by atoms with Gasteiger partial charge in [-0.1, -0.05) is 31.7 Å². The van der Waals surface area contributed by atoms with Gasteiger partial charge in [-0.15, -0.1) is 5.10 Å². The quantitative estimate of drug-likeness (QED) is 0.208. The Kier molecular flexibility index (Phi) is 8.46. The minimum absolute atomic E-state index is 0.119. The van der Waals surface area contributed by atoms with Crippen molar-refractivity contribution in [3.63, 3.8) is 0 Å². The van der Waals surface area contributed by atoms with Gasteiger partial charge in [0.05, 0.1) is 18.0 Å². The van der Waals surface area contributed by atoms with E-state index in [1.807, 2.05) is 58.0 Å². The smallest absolute Gasteiger partial charge is 0.247 e. The second-order valence-electron chi connectivity index (χ2n) is 9.02. The Balaban J connectivity index is 0.00000158. The molecular formula is C28H31FN8O2S. The van der Waals surface area contributed by atoms with Crippen LogP contribution in [0.15, 0.2) is 71.0 Å². The third kappa shape index (κ3) is 6.18. The number of hydrogen-bond donors (Lipinski definition) is 3. The number of nitrogens with one attached hydrogen (secondary N) is 3. The SMILES string of the molecule is CC.CC(C)Oc1c(-c2cn[nH]c2)ncn2nc(Nc3ccc(Sc4cccc(OC5CNC5)c4)cc3F)nc12. The van der Waals surface area contributed by atoms with Crippen LogP contribution < -0.4 is 20.1 Å². The lowest BCUT2D eigenvalue weighted by atomic mass is 10.2. The Morgan fingerprint density at radius 1 is 1.12 bits per heavy atom. The van der Waals surface area contributed by atoms with Gasteiger partial charge in [0.2, 0.25) is 11.6 Å². The van der Waals surface area contributed by atoms with Crippen molar-refractivity contribution in [3.8, 4) is 22.8 Å². The Morgan fingerprint density at radius 2 is 1.95 bits per heavy atom. The Hall–Kier alpha value is -4.16. The van der Waals surface area contributed by atoms with E-state index < -0.39 is 5.82 Å². The minimum Gasteiger partial charge on any atom is -0.488 e. The molecule has 1 aliphatic rings. The lowest BCUT2D eigenvalue weighted by Gasteiger charge is -2.27. The molecule has 3 N–H and O–H groups in total. The fourth-order valence-corrected chi connectivity index (χ4v) is 4.78. The topological polar surface area (TPSA) is 114 Å². The average molecular weight is 563 g/mol. The molecule has 0 amide bonds. The van der Waals surface area contributed by atoms with E-state index >= 15 is 4.39 Å². The predicted octanol–water partition coefficient (Wildman–Crippen LogP) is 5.71. The largest absolute Gasteiger partial charge is 0.488 e. The van der Waals surface area contributed by atoms with Crippen LogP contribution >= 0.6 is 11.8 Å². The number of nitrogens with zero attached hydrogens (tertiary/aromatic N) is 5.